The van der Waals surface area contributed by atoms with E-state index in [-0.39, 0.29) is 6.61 Å². The highest BCUT2D eigenvalue weighted by atomic mass is 16.5. The quantitative estimate of drug-likeness (QED) is 0.294. The van der Waals surface area contributed by atoms with Gasteiger partial charge in [-0.3, -0.25) is 0 Å². The molecule has 1 atom stereocenters. The molecule has 33 heavy (non-hydrogen) atoms. The van der Waals surface area contributed by atoms with Crippen LogP contribution in [-0.4, -0.2) is 67.3 Å². The molecule has 2 rings (SSSR count). The molecule has 1 unspecified atom stereocenters. The standard InChI is InChI=1S/C22H29NO4.C2H2O4/c1-4-5-18-8-11-21(22(14-18)26-3)27-16-19(24)15-23-13-12-17-6-9-20(25-2)10-7-17;3-1(4)2(5)6/h4-11,14,19,23-24H,12-13,15-16H2,1-3H3;(H,3,4)(H,5,6). The van der Waals surface area contributed by atoms with Crippen molar-refractivity contribution in [2.24, 2.45) is 0 Å². The number of carboxylic acids is 2. The van der Waals surface area contributed by atoms with Crippen LogP contribution in [0, 0.1) is 0 Å². The van der Waals surface area contributed by atoms with Gasteiger partial charge in [0.15, 0.2) is 11.5 Å². The first-order valence-corrected chi connectivity index (χ1v) is 10.2. The number of rotatable bonds is 11. The lowest BCUT2D eigenvalue weighted by Crippen LogP contribution is -2.32. The first-order chi connectivity index (χ1) is 15.8. The van der Waals surface area contributed by atoms with E-state index in [2.05, 4.69) is 5.32 Å². The van der Waals surface area contributed by atoms with Gasteiger partial charge in [-0.05, 0) is 55.3 Å². The number of carboxylic acid groups (broad SMARTS) is 2. The Kier molecular flexibility index (Phi) is 12.7. The molecule has 0 saturated heterocycles. The lowest BCUT2D eigenvalue weighted by molar-refractivity contribution is -0.159. The summed E-state index contributed by atoms with van der Waals surface area (Å²) in [4.78, 5) is 18.2. The predicted octanol–water partition coefficient (Wildman–Crippen LogP) is 2.46. The molecule has 0 amide bonds. The number of hydrogen-bond donors (Lipinski definition) is 4. The molecular formula is C24H31NO8. The van der Waals surface area contributed by atoms with E-state index in [4.69, 9.17) is 34.0 Å². The highest BCUT2D eigenvalue weighted by molar-refractivity contribution is 6.27. The first kappa shape index (κ1) is 27.5. The molecule has 0 saturated carbocycles. The van der Waals surface area contributed by atoms with Crippen LogP contribution in [0.3, 0.4) is 0 Å². The van der Waals surface area contributed by atoms with E-state index in [0.29, 0.717) is 18.0 Å². The lowest BCUT2D eigenvalue weighted by atomic mass is 10.1. The Hall–Kier alpha value is -3.56. The summed E-state index contributed by atoms with van der Waals surface area (Å²) in [6.07, 6.45) is 4.25. The van der Waals surface area contributed by atoms with E-state index in [0.717, 1.165) is 24.3 Å². The van der Waals surface area contributed by atoms with Gasteiger partial charge in [-0.15, -0.1) is 0 Å². The normalized spacial score (nSPS) is 11.3. The largest absolute Gasteiger partial charge is 0.497 e. The third-order valence-electron chi connectivity index (χ3n) is 4.29. The second kappa shape index (κ2) is 15.3. The minimum absolute atomic E-state index is 0.203. The van der Waals surface area contributed by atoms with Crippen LogP contribution in [0.5, 0.6) is 17.2 Å². The average molecular weight is 462 g/mol. The fourth-order valence-electron chi connectivity index (χ4n) is 2.64. The maximum Gasteiger partial charge on any atom is 0.414 e. The van der Waals surface area contributed by atoms with Crippen molar-refractivity contribution >= 4 is 18.0 Å². The van der Waals surface area contributed by atoms with Crippen LogP contribution in [-0.2, 0) is 16.0 Å². The molecule has 0 bridgehead atoms. The minimum atomic E-state index is -1.82. The van der Waals surface area contributed by atoms with Gasteiger partial charge in [-0.2, -0.15) is 0 Å². The molecule has 9 heteroatoms. The van der Waals surface area contributed by atoms with E-state index in [1.54, 1.807) is 14.2 Å². The second-order valence-electron chi connectivity index (χ2n) is 6.79. The molecule has 180 valence electrons. The smallest absolute Gasteiger partial charge is 0.414 e. The molecule has 0 aromatic heterocycles. The highest BCUT2D eigenvalue weighted by Crippen LogP contribution is 2.28. The molecule has 0 spiro atoms. The van der Waals surface area contributed by atoms with Gasteiger partial charge < -0.3 is 34.8 Å². The summed E-state index contributed by atoms with van der Waals surface area (Å²) in [7, 11) is 3.27. The fraction of sp³-hybridized carbons (Fsp3) is 0.333. The summed E-state index contributed by atoms with van der Waals surface area (Å²) < 4.78 is 16.2. The summed E-state index contributed by atoms with van der Waals surface area (Å²) in [6, 6.07) is 13.7. The number of nitrogens with one attached hydrogen (secondary N) is 1. The number of allylic oxidation sites excluding steroid dienone is 1. The van der Waals surface area contributed by atoms with E-state index in [9.17, 15) is 5.11 Å². The third kappa shape index (κ3) is 11.0. The molecule has 2 aromatic carbocycles. The molecule has 4 N–H and O–H groups in total. The molecule has 0 aliphatic rings. The Morgan fingerprint density at radius 3 is 2.21 bits per heavy atom. The zero-order valence-electron chi connectivity index (χ0n) is 19.0. The maximum atomic E-state index is 10.1. The Balaban J connectivity index is 0.000000801. The zero-order chi connectivity index (χ0) is 24.6. The van der Waals surface area contributed by atoms with Gasteiger partial charge in [0.25, 0.3) is 0 Å². The molecule has 0 aliphatic carbocycles. The molecule has 0 heterocycles. The molecular weight excluding hydrogens is 430 g/mol. The van der Waals surface area contributed by atoms with Crippen LogP contribution in [0.25, 0.3) is 6.08 Å². The van der Waals surface area contributed by atoms with Gasteiger partial charge in [0.1, 0.15) is 18.5 Å². The molecule has 9 nitrogen and oxygen atoms in total. The van der Waals surface area contributed by atoms with Gasteiger partial charge in [0.05, 0.1) is 14.2 Å². The van der Waals surface area contributed by atoms with Crippen LogP contribution in [0.1, 0.15) is 18.1 Å². The van der Waals surface area contributed by atoms with Crippen LogP contribution >= 0.6 is 0 Å². The number of aliphatic hydroxyl groups is 1. The van der Waals surface area contributed by atoms with Crippen molar-refractivity contribution in [2.45, 2.75) is 19.4 Å². The Bertz CT molecular complexity index is 884. The minimum Gasteiger partial charge on any atom is -0.497 e. The fourth-order valence-corrected chi connectivity index (χ4v) is 2.64. The number of ether oxygens (including phenoxy) is 3. The number of aliphatic carboxylic acids is 2. The number of carbonyl (C=O) groups is 2. The molecule has 2 aromatic rings. The Morgan fingerprint density at radius 1 is 1.00 bits per heavy atom. The van der Waals surface area contributed by atoms with E-state index >= 15 is 0 Å². The zero-order valence-corrected chi connectivity index (χ0v) is 19.0. The van der Waals surface area contributed by atoms with Crippen molar-refractivity contribution in [1.82, 2.24) is 5.32 Å². The average Bonchev–Trinajstić information content (AvgIpc) is 2.81. The summed E-state index contributed by atoms with van der Waals surface area (Å²) in [6.45, 7) is 3.42. The van der Waals surface area contributed by atoms with Crippen molar-refractivity contribution in [3.05, 3.63) is 59.7 Å². The van der Waals surface area contributed by atoms with Gasteiger partial charge in [-0.1, -0.05) is 30.4 Å². The van der Waals surface area contributed by atoms with Crippen LogP contribution in [0.2, 0.25) is 0 Å². The second-order valence-corrected chi connectivity index (χ2v) is 6.79. The van der Waals surface area contributed by atoms with E-state index in [1.807, 2.05) is 61.5 Å². The van der Waals surface area contributed by atoms with Crippen LogP contribution in [0.4, 0.5) is 0 Å². The van der Waals surface area contributed by atoms with E-state index < -0.39 is 18.0 Å². The van der Waals surface area contributed by atoms with Crippen molar-refractivity contribution in [1.29, 1.82) is 0 Å². The maximum absolute atomic E-state index is 10.1. The van der Waals surface area contributed by atoms with Crippen LogP contribution < -0.4 is 19.5 Å². The number of benzene rings is 2. The summed E-state index contributed by atoms with van der Waals surface area (Å²) >= 11 is 0. The topological polar surface area (TPSA) is 135 Å². The summed E-state index contributed by atoms with van der Waals surface area (Å²) in [5, 5.41) is 28.2. The predicted molar refractivity (Wildman–Crippen MR) is 124 cm³/mol. The van der Waals surface area contributed by atoms with Crippen molar-refractivity contribution in [2.75, 3.05) is 33.9 Å². The highest BCUT2D eigenvalue weighted by Gasteiger charge is 2.09. The number of methoxy groups -OCH3 is 2. The SMILES string of the molecule is CC=Cc1ccc(OCC(O)CNCCc2ccc(OC)cc2)c(OC)c1.O=C(O)C(=O)O. The van der Waals surface area contributed by atoms with Gasteiger partial charge in [0, 0.05) is 6.54 Å². The van der Waals surface area contributed by atoms with Gasteiger partial charge in [0.2, 0.25) is 0 Å². The molecule has 0 fully saturated rings. The number of aliphatic hydroxyl groups excluding tert-OH is 1. The molecule has 0 radical (unpaired) electrons. The van der Waals surface area contributed by atoms with Gasteiger partial charge in [-0.25, -0.2) is 9.59 Å². The Morgan fingerprint density at radius 2 is 1.67 bits per heavy atom. The van der Waals surface area contributed by atoms with Gasteiger partial charge >= 0.3 is 11.9 Å². The third-order valence-corrected chi connectivity index (χ3v) is 4.29. The Labute approximate surface area is 193 Å². The number of hydrogen-bond acceptors (Lipinski definition) is 7. The van der Waals surface area contributed by atoms with Crippen molar-refractivity contribution in [3.8, 4) is 17.2 Å². The summed E-state index contributed by atoms with van der Waals surface area (Å²) in [5.41, 5.74) is 2.27. The molecule has 0 aliphatic heterocycles. The van der Waals surface area contributed by atoms with E-state index in [1.165, 1.54) is 5.56 Å². The lowest BCUT2D eigenvalue weighted by Gasteiger charge is -2.15. The first-order valence-electron chi connectivity index (χ1n) is 10.2. The van der Waals surface area contributed by atoms with Crippen LogP contribution in [0.15, 0.2) is 48.5 Å². The monoisotopic (exact) mass is 461 g/mol. The van der Waals surface area contributed by atoms with Crippen molar-refractivity contribution in [3.63, 3.8) is 0 Å². The summed E-state index contributed by atoms with van der Waals surface area (Å²) in [5.74, 6) is -1.51. The van der Waals surface area contributed by atoms with Crippen molar-refractivity contribution < 1.29 is 39.1 Å².